The monoisotopic (exact) mass is 288 g/mol. The number of hydrogen-bond acceptors (Lipinski definition) is 3. The van der Waals surface area contributed by atoms with Crippen molar-refractivity contribution >= 4 is 0 Å². The van der Waals surface area contributed by atoms with Crippen LogP contribution < -0.4 is 10.1 Å². The van der Waals surface area contributed by atoms with E-state index in [1.54, 1.807) is 0 Å². The quantitative estimate of drug-likeness (QED) is 0.901. The maximum absolute atomic E-state index is 5.98. The molecule has 0 amide bonds. The van der Waals surface area contributed by atoms with Crippen LogP contribution in [-0.2, 0) is 6.42 Å². The van der Waals surface area contributed by atoms with Crippen molar-refractivity contribution in [3.05, 3.63) is 29.3 Å². The van der Waals surface area contributed by atoms with Gasteiger partial charge in [-0.2, -0.15) is 0 Å². The van der Waals surface area contributed by atoms with Crippen molar-refractivity contribution in [1.29, 1.82) is 0 Å². The smallest absolute Gasteiger partial charge is 0.127 e. The Morgan fingerprint density at radius 3 is 2.71 bits per heavy atom. The van der Waals surface area contributed by atoms with Crippen molar-refractivity contribution in [3.8, 4) is 5.75 Å². The Hall–Kier alpha value is -1.06. The first kappa shape index (κ1) is 14.9. The molecule has 0 aromatic heterocycles. The predicted octanol–water partition coefficient (Wildman–Crippen LogP) is 3.15. The summed E-state index contributed by atoms with van der Waals surface area (Å²) in [5, 5.41) is 3.77. The van der Waals surface area contributed by atoms with Gasteiger partial charge >= 0.3 is 0 Å². The van der Waals surface area contributed by atoms with Gasteiger partial charge in [0.15, 0.2) is 0 Å². The van der Waals surface area contributed by atoms with Crippen LogP contribution in [0.15, 0.2) is 18.2 Å². The van der Waals surface area contributed by atoms with Gasteiger partial charge in [0.25, 0.3) is 0 Å². The second-order valence-electron chi connectivity index (χ2n) is 6.63. The highest BCUT2D eigenvalue weighted by molar-refractivity contribution is 5.47. The minimum absolute atomic E-state index is 0.219. The molecule has 0 spiro atoms. The number of ether oxygens (including phenoxy) is 1. The van der Waals surface area contributed by atoms with Gasteiger partial charge in [0.1, 0.15) is 5.75 Å². The fourth-order valence-electron chi connectivity index (χ4n) is 4.24. The van der Waals surface area contributed by atoms with Gasteiger partial charge in [-0.05, 0) is 39.0 Å². The maximum Gasteiger partial charge on any atom is 0.127 e. The summed E-state index contributed by atoms with van der Waals surface area (Å²) in [6, 6.07) is 7.03. The van der Waals surface area contributed by atoms with Crippen LogP contribution in [0.1, 0.15) is 49.8 Å². The first-order valence-corrected chi connectivity index (χ1v) is 8.34. The molecule has 3 heteroatoms. The molecule has 116 valence electrons. The molecule has 21 heavy (non-hydrogen) atoms. The van der Waals surface area contributed by atoms with E-state index in [0.717, 1.165) is 25.3 Å². The highest BCUT2D eigenvalue weighted by atomic mass is 16.5. The molecule has 1 aromatic carbocycles. The molecule has 1 N–H and O–H groups in total. The van der Waals surface area contributed by atoms with Gasteiger partial charge in [0.05, 0.1) is 12.6 Å². The lowest BCUT2D eigenvalue weighted by molar-refractivity contribution is 0.104. The number of benzene rings is 1. The fraction of sp³-hybridized carbons (Fsp3) is 0.667. The Morgan fingerprint density at radius 1 is 1.29 bits per heavy atom. The summed E-state index contributed by atoms with van der Waals surface area (Å²) in [5.41, 5.74) is 2.96. The summed E-state index contributed by atoms with van der Waals surface area (Å²) in [4.78, 5) is 2.45. The van der Waals surface area contributed by atoms with Crippen molar-refractivity contribution in [2.24, 2.45) is 0 Å². The zero-order chi connectivity index (χ0) is 14.9. The van der Waals surface area contributed by atoms with Crippen LogP contribution in [0.3, 0.4) is 0 Å². The van der Waals surface area contributed by atoms with E-state index in [1.807, 2.05) is 0 Å². The van der Waals surface area contributed by atoms with Crippen molar-refractivity contribution in [1.82, 2.24) is 10.2 Å². The fourth-order valence-corrected chi connectivity index (χ4v) is 4.24. The van der Waals surface area contributed by atoms with E-state index in [-0.39, 0.29) is 5.54 Å². The molecular weight excluding hydrogens is 260 g/mol. The summed E-state index contributed by atoms with van der Waals surface area (Å²) < 4.78 is 5.98. The van der Waals surface area contributed by atoms with Crippen LogP contribution in [0, 0.1) is 0 Å². The Balaban J connectivity index is 2.04. The number of hydrogen-bond donors (Lipinski definition) is 1. The molecular formula is C18H28N2O. The molecule has 0 radical (unpaired) electrons. The van der Waals surface area contributed by atoms with Gasteiger partial charge in [0.2, 0.25) is 0 Å². The lowest BCUT2D eigenvalue weighted by Crippen LogP contribution is -2.52. The van der Waals surface area contributed by atoms with Crippen LogP contribution in [0.5, 0.6) is 5.75 Å². The van der Waals surface area contributed by atoms with Gasteiger partial charge in [-0.1, -0.05) is 38.0 Å². The highest BCUT2D eigenvalue weighted by Crippen LogP contribution is 2.46. The largest absolute Gasteiger partial charge is 0.493 e. The third-order valence-corrected chi connectivity index (χ3v) is 5.36. The standard InChI is InChI=1S/C18H28N2O/c1-4-19-17(18(20(2)3)11-5-6-12-18)15-9-7-8-14-10-13-21-16(14)15/h7-9,17,19H,4-6,10-13H2,1-3H3. The Bertz CT molecular complexity index is 492. The molecule has 1 unspecified atom stereocenters. The molecule has 1 aliphatic carbocycles. The first-order chi connectivity index (χ1) is 10.2. The second kappa shape index (κ2) is 5.98. The number of nitrogens with one attached hydrogen (secondary N) is 1. The van der Waals surface area contributed by atoms with E-state index in [4.69, 9.17) is 4.74 Å². The molecule has 0 bridgehead atoms. The van der Waals surface area contributed by atoms with Crippen molar-refractivity contribution in [2.75, 3.05) is 27.2 Å². The van der Waals surface area contributed by atoms with E-state index in [1.165, 1.54) is 36.8 Å². The van der Waals surface area contributed by atoms with E-state index in [2.05, 4.69) is 49.4 Å². The average Bonchev–Trinajstić information content (AvgIpc) is 3.13. The normalized spacial score (nSPS) is 21.3. The molecule has 3 nitrogen and oxygen atoms in total. The third kappa shape index (κ3) is 2.47. The summed E-state index contributed by atoms with van der Waals surface area (Å²) in [5.74, 6) is 1.15. The van der Waals surface area contributed by atoms with Crippen LogP contribution in [0.25, 0.3) is 0 Å². The SMILES string of the molecule is CCNC(c1cccc2c1OCC2)C1(N(C)C)CCCC1. The molecule has 1 aromatic rings. The summed E-state index contributed by atoms with van der Waals surface area (Å²) >= 11 is 0. The minimum atomic E-state index is 0.219. The minimum Gasteiger partial charge on any atom is -0.493 e. The van der Waals surface area contributed by atoms with E-state index < -0.39 is 0 Å². The lowest BCUT2D eigenvalue weighted by atomic mass is 9.81. The third-order valence-electron chi connectivity index (χ3n) is 5.36. The number of likely N-dealkylation sites (N-methyl/N-ethyl adjacent to an activating group) is 2. The van der Waals surface area contributed by atoms with E-state index >= 15 is 0 Å². The summed E-state index contributed by atoms with van der Waals surface area (Å²) in [7, 11) is 4.47. The van der Waals surface area contributed by atoms with Gasteiger partial charge < -0.3 is 15.0 Å². The Morgan fingerprint density at radius 2 is 2.05 bits per heavy atom. The summed E-state index contributed by atoms with van der Waals surface area (Å²) in [6.45, 7) is 4.03. The lowest BCUT2D eigenvalue weighted by Gasteiger charge is -2.44. The number of para-hydroxylation sites is 1. The van der Waals surface area contributed by atoms with Crippen LogP contribution in [-0.4, -0.2) is 37.7 Å². The van der Waals surface area contributed by atoms with Gasteiger partial charge in [-0.3, -0.25) is 0 Å². The van der Waals surface area contributed by atoms with Gasteiger partial charge in [-0.25, -0.2) is 0 Å². The maximum atomic E-state index is 5.98. The van der Waals surface area contributed by atoms with E-state index in [0.29, 0.717) is 6.04 Å². The molecule has 1 aliphatic heterocycles. The van der Waals surface area contributed by atoms with Crippen LogP contribution in [0.4, 0.5) is 0 Å². The number of nitrogens with zero attached hydrogens (tertiary/aromatic N) is 1. The van der Waals surface area contributed by atoms with Gasteiger partial charge in [0, 0.05) is 17.5 Å². The van der Waals surface area contributed by atoms with Gasteiger partial charge in [-0.15, -0.1) is 0 Å². The zero-order valence-corrected chi connectivity index (χ0v) is 13.6. The van der Waals surface area contributed by atoms with Crippen molar-refractivity contribution in [3.63, 3.8) is 0 Å². The Labute approximate surface area is 128 Å². The molecule has 1 fully saturated rings. The highest BCUT2D eigenvalue weighted by Gasteiger charge is 2.45. The number of fused-ring (bicyclic) bond motifs is 1. The predicted molar refractivity (Wildman–Crippen MR) is 86.9 cm³/mol. The second-order valence-corrected chi connectivity index (χ2v) is 6.63. The van der Waals surface area contributed by atoms with E-state index in [9.17, 15) is 0 Å². The summed E-state index contributed by atoms with van der Waals surface area (Å²) in [6.07, 6.45) is 6.24. The molecule has 1 heterocycles. The van der Waals surface area contributed by atoms with Crippen LogP contribution in [0.2, 0.25) is 0 Å². The molecule has 0 saturated heterocycles. The van der Waals surface area contributed by atoms with Crippen molar-refractivity contribution in [2.45, 2.75) is 50.6 Å². The Kier molecular flexibility index (Phi) is 4.23. The molecule has 1 saturated carbocycles. The number of rotatable bonds is 5. The average molecular weight is 288 g/mol. The topological polar surface area (TPSA) is 24.5 Å². The molecule has 2 aliphatic rings. The first-order valence-electron chi connectivity index (χ1n) is 8.34. The molecule has 1 atom stereocenters. The van der Waals surface area contributed by atoms with Crippen LogP contribution >= 0.6 is 0 Å². The zero-order valence-electron chi connectivity index (χ0n) is 13.6. The molecule has 3 rings (SSSR count). The van der Waals surface area contributed by atoms with Crippen molar-refractivity contribution < 1.29 is 4.74 Å².